The molecule has 9 heteroatoms. The number of anilines is 1. The Morgan fingerprint density at radius 1 is 1.29 bits per heavy atom. The van der Waals surface area contributed by atoms with E-state index in [1.807, 2.05) is 13.8 Å². The summed E-state index contributed by atoms with van der Waals surface area (Å²) >= 11 is 3.11. The number of rotatable bonds is 7. The monoisotopic (exact) mass is 403 g/mol. The van der Waals surface area contributed by atoms with Crippen LogP contribution in [0.2, 0.25) is 0 Å². The van der Waals surface area contributed by atoms with Gasteiger partial charge < -0.3 is 21.1 Å². The molecule has 3 amide bonds. The summed E-state index contributed by atoms with van der Waals surface area (Å²) in [6.07, 6.45) is 0.307. The fraction of sp³-hybridized carbons (Fsp3) is 0.400. The zero-order chi connectivity index (χ0) is 18.3. The first kappa shape index (κ1) is 19.9. The Hall–Kier alpha value is -2.16. The highest BCUT2D eigenvalue weighted by Gasteiger charge is 2.22. The molecule has 0 fully saturated rings. The number of hydrogen-bond donors (Lipinski definition) is 4. The van der Waals surface area contributed by atoms with Gasteiger partial charge in [0.1, 0.15) is 18.4 Å². The number of urea groups is 1. The summed E-state index contributed by atoms with van der Waals surface area (Å²) in [6.45, 7) is 3.16. The van der Waals surface area contributed by atoms with Gasteiger partial charge >= 0.3 is 12.0 Å². The number of carbonyl (C=O) groups excluding carboxylic acids is 2. The van der Waals surface area contributed by atoms with Gasteiger partial charge in [0.05, 0.1) is 5.69 Å². The Morgan fingerprint density at radius 3 is 2.50 bits per heavy atom. The van der Waals surface area contributed by atoms with Gasteiger partial charge in [0.25, 0.3) is 0 Å². The summed E-state index contributed by atoms with van der Waals surface area (Å²) < 4.78 is 14.2. The predicted octanol–water partition coefficient (Wildman–Crippen LogP) is 2.33. The zero-order valence-electron chi connectivity index (χ0n) is 13.2. The van der Waals surface area contributed by atoms with Crippen molar-refractivity contribution in [1.29, 1.82) is 0 Å². The van der Waals surface area contributed by atoms with Gasteiger partial charge in [-0.1, -0.05) is 29.8 Å². The highest BCUT2D eigenvalue weighted by Crippen LogP contribution is 2.19. The van der Waals surface area contributed by atoms with E-state index in [-0.39, 0.29) is 11.6 Å². The minimum absolute atomic E-state index is 0.0371. The maximum absolute atomic E-state index is 13.7. The lowest BCUT2D eigenvalue weighted by atomic mass is 10.0. The minimum atomic E-state index is -1.19. The molecule has 0 saturated carbocycles. The van der Waals surface area contributed by atoms with Crippen molar-refractivity contribution in [3.05, 3.63) is 28.5 Å². The number of hydrogen-bond acceptors (Lipinski definition) is 3. The molecule has 132 valence electrons. The zero-order valence-corrected chi connectivity index (χ0v) is 14.8. The smallest absolute Gasteiger partial charge is 0.322 e. The lowest BCUT2D eigenvalue weighted by Gasteiger charge is -2.20. The molecule has 0 radical (unpaired) electrons. The minimum Gasteiger partial charge on any atom is -0.480 e. The van der Waals surface area contributed by atoms with Crippen LogP contribution in [0.4, 0.5) is 14.9 Å². The van der Waals surface area contributed by atoms with E-state index >= 15 is 0 Å². The van der Waals surface area contributed by atoms with Gasteiger partial charge in [-0.15, -0.1) is 0 Å². The van der Waals surface area contributed by atoms with E-state index in [0.29, 0.717) is 10.9 Å². The summed E-state index contributed by atoms with van der Waals surface area (Å²) in [5.74, 6) is -2.35. The summed E-state index contributed by atoms with van der Waals surface area (Å²) in [5.41, 5.74) is -0.0371. The molecule has 1 atom stereocenters. The Bertz CT molecular complexity index is 625. The first-order valence-corrected chi connectivity index (χ1v) is 8.00. The molecular weight excluding hydrogens is 385 g/mol. The van der Waals surface area contributed by atoms with Crippen LogP contribution in [0.5, 0.6) is 0 Å². The summed E-state index contributed by atoms with van der Waals surface area (Å²) in [4.78, 5) is 34.5. The fourth-order valence-corrected chi connectivity index (χ4v) is 2.23. The third-order valence-electron chi connectivity index (χ3n) is 2.92. The molecule has 24 heavy (non-hydrogen) atoms. The molecule has 1 aromatic rings. The van der Waals surface area contributed by atoms with Gasteiger partial charge in [0, 0.05) is 4.47 Å². The first-order chi connectivity index (χ1) is 11.2. The second kappa shape index (κ2) is 9.21. The summed E-state index contributed by atoms with van der Waals surface area (Å²) in [5, 5.41) is 15.6. The van der Waals surface area contributed by atoms with E-state index in [1.54, 1.807) is 6.07 Å². The third-order valence-corrected chi connectivity index (χ3v) is 3.42. The van der Waals surface area contributed by atoms with Gasteiger partial charge in [-0.05, 0) is 30.5 Å². The van der Waals surface area contributed by atoms with E-state index in [2.05, 4.69) is 31.9 Å². The van der Waals surface area contributed by atoms with Crippen LogP contribution in [-0.2, 0) is 9.59 Å². The van der Waals surface area contributed by atoms with E-state index in [0.717, 1.165) is 0 Å². The van der Waals surface area contributed by atoms with E-state index in [9.17, 15) is 18.8 Å². The highest BCUT2D eigenvalue weighted by molar-refractivity contribution is 9.10. The van der Waals surface area contributed by atoms with Crippen LogP contribution < -0.4 is 16.0 Å². The molecule has 0 aromatic heterocycles. The summed E-state index contributed by atoms with van der Waals surface area (Å²) in [7, 11) is 0. The molecular formula is C15H19BrFN3O4. The van der Waals surface area contributed by atoms with Gasteiger partial charge in [-0.3, -0.25) is 9.59 Å². The molecule has 0 aliphatic carbocycles. The Labute approximate surface area is 147 Å². The molecule has 1 aromatic carbocycles. The van der Waals surface area contributed by atoms with Gasteiger partial charge in [0.2, 0.25) is 5.91 Å². The number of carboxylic acids is 1. The van der Waals surface area contributed by atoms with Crippen molar-refractivity contribution in [2.75, 3.05) is 11.9 Å². The number of amides is 3. The van der Waals surface area contributed by atoms with Crippen LogP contribution in [-0.4, -0.2) is 35.6 Å². The number of carboxylic acid groups (broad SMARTS) is 1. The molecule has 0 saturated heterocycles. The van der Waals surface area contributed by atoms with Crippen molar-refractivity contribution < 1.29 is 23.9 Å². The van der Waals surface area contributed by atoms with Crippen molar-refractivity contribution in [1.82, 2.24) is 10.6 Å². The second-order valence-electron chi connectivity index (χ2n) is 5.52. The molecule has 0 unspecified atom stereocenters. The normalized spacial score (nSPS) is 11.7. The summed E-state index contributed by atoms with van der Waals surface area (Å²) in [6, 6.07) is 2.45. The largest absolute Gasteiger partial charge is 0.480 e. The number of nitrogens with one attached hydrogen (secondary N) is 3. The third kappa shape index (κ3) is 6.95. The van der Waals surface area contributed by atoms with E-state index in [4.69, 9.17) is 5.11 Å². The van der Waals surface area contributed by atoms with Crippen LogP contribution in [0.1, 0.15) is 20.3 Å². The highest BCUT2D eigenvalue weighted by atomic mass is 79.9. The molecule has 7 nitrogen and oxygen atoms in total. The van der Waals surface area contributed by atoms with Crippen LogP contribution >= 0.6 is 15.9 Å². The molecule has 4 N–H and O–H groups in total. The lowest BCUT2D eigenvalue weighted by molar-refractivity contribution is -0.138. The Kier molecular flexibility index (Phi) is 7.63. The molecule has 0 heterocycles. The number of benzene rings is 1. The Morgan fingerprint density at radius 2 is 1.96 bits per heavy atom. The van der Waals surface area contributed by atoms with Crippen molar-refractivity contribution in [3.63, 3.8) is 0 Å². The molecule has 0 aliphatic heterocycles. The quantitative estimate of drug-likeness (QED) is 0.560. The number of aliphatic carboxylic acids is 1. The molecule has 0 bridgehead atoms. The van der Waals surface area contributed by atoms with E-state index < -0.39 is 36.3 Å². The topological polar surface area (TPSA) is 108 Å². The van der Waals surface area contributed by atoms with Crippen molar-refractivity contribution in [3.8, 4) is 0 Å². The van der Waals surface area contributed by atoms with Crippen LogP contribution in [0.15, 0.2) is 22.7 Å². The number of halogens is 2. The van der Waals surface area contributed by atoms with Gasteiger partial charge in [0.15, 0.2) is 0 Å². The van der Waals surface area contributed by atoms with Crippen LogP contribution in [0.25, 0.3) is 0 Å². The second-order valence-corrected chi connectivity index (χ2v) is 6.43. The molecule has 1 rings (SSSR count). The molecule has 0 spiro atoms. The van der Waals surface area contributed by atoms with Gasteiger partial charge in [-0.2, -0.15) is 0 Å². The SMILES string of the molecule is CC(C)C[C@H](NC(=O)Nc1ccc(Br)cc1F)C(=O)NCC(=O)O. The predicted molar refractivity (Wildman–Crippen MR) is 90.1 cm³/mol. The fourth-order valence-electron chi connectivity index (χ4n) is 1.90. The average Bonchev–Trinajstić information content (AvgIpc) is 2.46. The lowest BCUT2D eigenvalue weighted by Crippen LogP contribution is -2.49. The van der Waals surface area contributed by atoms with Gasteiger partial charge in [-0.25, -0.2) is 9.18 Å². The van der Waals surface area contributed by atoms with Crippen molar-refractivity contribution in [2.45, 2.75) is 26.3 Å². The maximum atomic E-state index is 13.7. The first-order valence-electron chi connectivity index (χ1n) is 7.21. The number of carbonyl (C=O) groups is 3. The Balaban J connectivity index is 2.72. The van der Waals surface area contributed by atoms with E-state index in [1.165, 1.54) is 12.1 Å². The average molecular weight is 404 g/mol. The van der Waals surface area contributed by atoms with Crippen LogP contribution in [0, 0.1) is 11.7 Å². The standard InChI is InChI=1S/C15H19BrFN3O4/c1-8(2)5-12(14(23)18-7-13(21)22)20-15(24)19-11-4-3-9(16)6-10(11)17/h3-4,6,8,12H,5,7H2,1-2H3,(H,18,23)(H,21,22)(H2,19,20,24)/t12-/m0/s1. The van der Waals surface area contributed by atoms with Crippen LogP contribution in [0.3, 0.4) is 0 Å². The van der Waals surface area contributed by atoms with Crippen molar-refractivity contribution in [2.24, 2.45) is 5.92 Å². The van der Waals surface area contributed by atoms with Crippen molar-refractivity contribution >= 4 is 39.5 Å². The molecule has 0 aliphatic rings. The maximum Gasteiger partial charge on any atom is 0.322 e.